The molecule has 1 amide bonds. The van der Waals surface area contributed by atoms with E-state index in [4.69, 9.17) is 0 Å². The summed E-state index contributed by atoms with van der Waals surface area (Å²) < 4.78 is 12.9. The van der Waals surface area contributed by atoms with Gasteiger partial charge in [0.2, 0.25) is 5.91 Å². The Hall–Kier alpha value is -1.62. The third-order valence-corrected chi connectivity index (χ3v) is 2.83. The Labute approximate surface area is 113 Å². The molecule has 106 valence electrons. The fourth-order valence-electron chi connectivity index (χ4n) is 1.75. The second-order valence-electron chi connectivity index (χ2n) is 4.48. The Morgan fingerprint density at radius 3 is 2.79 bits per heavy atom. The average molecular weight is 268 g/mol. The van der Waals surface area contributed by atoms with Crippen molar-refractivity contribution in [1.29, 1.82) is 0 Å². The minimum absolute atomic E-state index is 0.00452. The summed E-state index contributed by atoms with van der Waals surface area (Å²) in [5, 5.41) is 15.5. The van der Waals surface area contributed by atoms with Gasteiger partial charge in [-0.1, -0.05) is 13.0 Å². The van der Waals surface area contributed by atoms with Crippen molar-refractivity contribution in [3.63, 3.8) is 0 Å². The molecule has 1 rings (SSSR count). The summed E-state index contributed by atoms with van der Waals surface area (Å²) in [6.45, 7) is 5.05. The summed E-state index contributed by atoms with van der Waals surface area (Å²) in [5.41, 5.74) is 0.621. The first-order valence-corrected chi connectivity index (χ1v) is 6.53. The molecule has 1 aromatic carbocycles. The lowest BCUT2D eigenvalue weighted by atomic mass is 10.1. The van der Waals surface area contributed by atoms with Crippen LogP contribution in [0.15, 0.2) is 18.2 Å². The predicted octanol–water partition coefficient (Wildman–Crippen LogP) is 2.10. The van der Waals surface area contributed by atoms with Crippen molar-refractivity contribution in [3.8, 4) is 5.75 Å². The molecule has 0 bridgehead atoms. The Kier molecular flexibility index (Phi) is 6.29. The predicted molar refractivity (Wildman–Crippen MR) is 72.4 cm³/mol. The van der Waals surface area contributed by atoms with Gasteiger partial charge in [0, 0.05) is 37.2 Å². The van der Waals surface area contributed by atoms with Crippen molar-refractivity contribution in [3.05, 3.63) is 29.6 Å². The molecule has 0 spiro atoms. The van der Waals surface area contributed by atoms with Crippen molar-refractivity contribution in [2.45, 2.75) is 32.7 Å². The second-order valence-corrected chi connectivity index (χ2v) is 4.48. The minimum Gasteiger partial charge on any atom is -0.508 e. The van der Waals surface area contributed by atoms with Gasteiger partial charge < -0.3 is 15.7 Å². The van der Waals surface area contributed by atoms with Gasteiger partial charge in [-0.3, -0.25) is 4.79 Å². The number of hydrogen-bond acceptors (Lipinski definition) is 3. The van der Waals surface area contributed by atoms with Crippen LogP contribution in [0.1, 0.15) is 38.3 Å². The van der Waals surface area contributed by atoms with Crippen LogP contribution in [0.3, 0.4) is 0 Å². The largest absolute Gasteiger partial charge is 0.508 e. The molecule has 0 fully saturated rings. The van der Waals surface area contributed by atoms with Crippen LogP contribution in [0.2, 0.25) is 0 Å². The Balaban J connectivity index is 2.38. The van der Waals surface area contributed by atoms with Crippen LogP contribution in [0.5, 0.6) is 5.75 Å². The highest BCUT2D eigenvalue weighted by atomic mass is 19.1. The fourth-order valence-corrected chi connectivity index (χ4v) is 1.75. The summed E-state index contributed by atoms with van der Waals surface area (Å²) in [6.07, 6.45) is 1.30. The van der Waals surface area contributed by atoms with Crippen LogP contribution in [-0.2, 0) is 4.79 Å². The molecule has 0 saturated carbocycles. The molecule has 0 aliphatic carbocycles. The zero-order chi connectivity index (χ0) is 14.3. The van der Waals surface area contributed by atoms with Gasteiger partial charge in [-0.15, -0.1) is 0 Å². The molecule has 19 heavy (non-hydrogen) atoms. The van der Waals surface area contributed by atoms with E-state index in [2.05, 4.69) is 10.6 Å². The summed E-state index contributed by atoms with van der Waals surface area (Å²) in [7, 11) is 0. The molecule has 5 heteroatoms. The fraction of sp³-hybridized carbons (Fsp3) is 0.500. The first-order valence-electron chi connectivity index (χ1n) is 6.53. The number of benzene rings is 1. The van der Waals surface area contributed by atoms with Gasteiger partial charge in [0.1, 0.15) is 11.6 Å². The molecule has 0 aliphatic rings. The molecule has 0 saturated heterocycles. The van der Waals surface area contributed by atoms with Crippen LogP contribution < -0.4 is 10.6 Å². The number of hydrogen-bond donors (Lipinski definition) is 3. The van der Waals surface area contributed by atoms with Gasteiger partial charge in [-0.2, -0.15) is 0 Å². The number of amides is 1. The highest BCUT2D eigenvalue weighted by Crippen LogP contribution is 2.24. The smallest absolute Gasteiger partial charge is 0.221 e. The van der Waals surface area contributed by atoms with Crippen molar-refractivity contribution in [2.75, 3.05) is 13.1 Å². The number of phenolic OH excluding ortho intramolecular Hbond substituents is 1. The third kappa shape index (κ3) is 5.26. The number of rotatable bonds is 7. The monoisotopic (exact) mass is 268 g/mol. The number of carbonyl (C=O) groups excluding carboxylic acids is 1. The molecular formula is C14H21FN2O2. The number of halogens is 1. The standard InChI is InChI=1S/C14H21FN2O2/c1-3-7-17-14(19)6-8-16-10(2)12-5-4-11(15)9-13(12)18/h4-5,9-10,16,18H,3,6-8H2,1-2H3,(H,17,19). The number of aromatic hydroxyl groups is 1. The van der Waals surface area contributed by atoms with E-state index in [0.29, 0.717) is 25.1 Å². The maximum atomic E-state index is 12.9. The van der Waals surface area contributed by atoms with Gasteiger partial charge >= 0.3 is 0 Å². The lowest BCUT2D eigenvalue weighted by Crippen LogP contribution is -2.29. The summed E-state index contributed by atoms with van der Waals surface area (Å²) in [5.74, 6) is -0.535. The molecule has 0 aliphatic heterocycles. The zero-order valence-corrected chi connectivity index (χ0v) is 11.4. The highest BCUT2D eigenvalue weighted by molar-refractivity contribution is 5.75. The van der Waals surface area contributed by atoms with Crippen LogP contribution in [0.4, 0.5) is 4.39 Å². The molecule has 0 heterocycles. The molecule has 1 unspecified atom stereocenters. The van der Waals surface area contributed by atoms with E-state index in [1.54, 1.807) is 6.07 Å². The Morgan fingerprint density at radius 1 is 1.42 bits per heavy atom. The van der Waals surface area contributed by atoms with Crippen molar-refractivity contribution in [1.82, 2.24) is 10.6 Å². The van der Waals surface area contributed by atoms with Crippen molar-refractivity contribution in [2.24, 2.45) is 0 Å². The van der Waals surface area contributed by atoms with E-state index in [0.717, 1.165) is 12.5 Å². The van der Waals surface area contributed by atoms with Crippen LogP contribution in [0, 0.1) is 5.82 Å². The van der Waals surface area contributed by atoms with E-state index in [1.165, 1.54) is 6.07 Å². The SMILES string of the molecule is CCCNC(=O)CCNC(C)c1ccc(F)cc1O. The van der Waals surface area contributed by atoms with Crippen LogP contribution in [0.25, 0.3) is 0 Å². The lowest BCUT2D eigenvalue weighted by molar-refractivity contribution is -0.121. The van der Waals surface area contributed by atoms with Gasteiger partial charge in [-0.25, -0.2) is 4.39 Å². The third-order valence-electron chi connectivity index (χ3n) is 2.83. The van der Waals surface area contributed by atoms with Gasteiger partial charge in [0.05, 0.1) is 0 Å². The van der Waals surface area contributed by atoms with E-state index in [1.807, 2.05) is 13.8 Å². The number of phenols is 1. The van der Waals surface area contributed by atoms with E-state index < -0.39 is 5.82 Å². The quantitative estimate of drug-likeness (QED) is 0.709. The lowest BCUT2D eigenvalue weighted by Gasteiger charge is -2.15. The zero-order valence-electron chi connectivity index (χ0n) is 11.4. The van der Waals surface area contributed by atoms with Crippen LogP contribution >= 0.6 is 0 Å². The molecule has 4 nitrogen and oxygen atoms in total. The normalized spacial score (nSPS) is 12.2. The van der Waals surface area contributed by atoms with E-state index in [-0.39, 0.29) is 17.7 Å². The van der Waals surface area contributed by atoms with Crippen LogP contribution in [-0.4, -0.2) is 24.1 Å². The summed E-state index contributed by atoms with van der Waals surface area (Å²) in [6, 6.07) is 3.79. The average Bonchev–Trinajstić information content (AvgIpc) is 2.36. The van der Waals surface area contributed by atoms with E-state index in [9.17, 15) is 14.3 Å². The van der Waals surface area contributed by atoms with Crippen molar-refractivity contribution < 1.29 is 14.3 Å². The highest BCUT2D eigenvalue weighted by Gasteiger charge is 2.11. The second kappa shape index (κ2) is 7.74. The molecule has 1 aromatic rings. The molecule has 0 aromatic heterocycles. The molecule has 0 radical (unpaired) electrons. The molecule has 1 atom stereocenters. The van der Waals surface area contributed by atoms with Crippen molar-refractivity contribution >= 4 is 5.91 Å². The summed E-state index contributed by atoms with van der Waals surface area (Å²) >= 11 is 0. The van der Waals surface area contributed by atoms with Gasteiger partial charge in [0.25, 0.3) is 0 Å². The first-order chi connectivity index (χ1) is 9.04. The first kappa shape index (κ1) is 15.4. The molecule has 3 N–H and O–H groups in total. The number of nitrogens with one attached hydrogen (secondary N) is 2. The van der Waals surface area contributed by atoms with Gasteiger partial charge in [0.15, 0.2) is 0 Å². The topological polar surface area (TPSA) is 61.4 Å². The maximum absolute atomic E-state index is 12.9. The number of carbonyl (C=O) groups is 1. The molecular weight excluding hydrogens is 247 g/mol. The maximum Gasteiger partial charge on any atom is 0.221 e. The Morgan fingerprint density at radius 2 is 2.16 bits per heavy atom. The van der Waals surface area contributed by atoms with Gasteiger partial charge in [-0.05, 0) is 19.4 Å². The Bertz CT molecular complexity index is 424. The minimum atomic E-state index is -0.465. The van der Waals surface area contributed by atoms with E-state index >= 15 is 0 Å². The summed E-state index contributed by atoms with van der Waals surface area (Å²) in [4.78, 5) is 11.4.